The van der Waals surface area contributed by atoms with Gasteiger partial charge in [0.2, 0.25) is 5.91 Å². The Kier molecular flexibility index (Phi) is 5.49. The molecule has 0 atom stereocenters. The number of likely N-dealkylation sites (N-methyl/N-ethyl adjacent to an activating group) is 1. The summed E-state index contributed by atoms with van der Waals surface area (Å²) in [7, 11) is 5.40. The summed E-state index contributed by atoms with van der Waals surface area (Å²) in [5, 5.41) is 2.88. The molecule has 0 saturated heterocycles. The molecule has 4 heteroatoms. The highest BCUT2D eigenvalue weighted by atomic mass is 16.5. The number of methoxy groups -OCH3 is 1. The third-order valence-corrected chi connectivity index (χ3v) is 2.33. The van der Waals surface area contributed by atoms with Crippen molar-refractivity contribution in [2.24, 2.45) is 0 Å². The Balaban J connectivity index is 2.32. The highest BCUT2D eigenvalue weighted by molar-refractivity contribution is 5.77. The second-order valence-corrected chi connectivity index (χ2v) is 4.19. The first kappa shape index (κ1) is 13.5. The van der Waals surface area contributed by atoms with E-state index < -0.39 is 0 Å². The Morgan fingerprint density at radius 2 is 2.18 bits per heavy atom. The van der Waals surface area contributed by atoms with Crippen LogP contribution < -0.4 is 10.1 Å². The van der Waals surface area contributed by atoms with Gasteiger partial charge in [-0.25, -0.2) is 0 Å². The first-order chi connectivity index (χ1) is 8.11. The Hall–Kier alpha value is -1.55. The van der Waals surface area contributed by atoms with Gasteiger partial charge in [0, 0.05) is 6.54 Å². The third kappa shape index (κ3) is 5.36. The number of carbonyl (C=O) groups excluding carboxylic acids is 1. The van der Waals surface area contributed by atoms with E-state index in [-0.39, 0.29) is 5.91 Å². The normalized spacial score (nSPS) is 10.4. The molecule has 4 nitrogen and oxygen atoms in total. The lowest BCUT2D eigenvalue weighted by atomic mass is 10.1. The van der Waals surface area contributed by atoms with Gasteiger partial charge in [-0.15, -0.1) is 0 Å². The Bertz CT molecular complexity index is 364. The van der Waals surface area contributed by atoms with Crippen molar-refractivity contribution in [1.82, 2.24) is 10.2 Å². The fourth-order valence-electron chi connectivity index (χ4n) is 1.52. The van der Waals surface area contributed by atoms with Gasteiger partial charge < -0.3 is 15.0 Å². The lowest BCUT2D eigenvalue weighted by molar-refractivity contribution is -0.121. The largest absolute Gasteiger partial charge is 0.497 e. The maximum absolute atomic E-state index is 11.4. The molecule has 1 amide bonds. The first-order valence-corrected chi connectivity index (χ1v) is 5.66. The average molecular weight is 236 g/mol. The number of amides is 1. The van der Waals surface area contributed by atoms with Gasteiger partial charge in [0.1, 0.15) is 5.75 Å². The second-order valence-electron chi connectivity index (χ2n) is 4.19. The zero-order chi connectivity index (χ0) is 12.7. The van der Waals surface area contributed by atoms with Crippen molar-refractivity contribution in [3.05, 3.63) is 29.8 Å². The van der Waals surface area contributed by atoms with Crippen LogP contribution >= 0.6 is 0 Å². The smallest absolute Gasteiger partial charge is 0.234 e. The lowest BCUT2D eigenvalue weighted by Crippen LogP contribution is -2.34. The van der Waals surface area contributed by atoms with E-state index in [1.165, 1.54) is 0 Å². The van der Waals surface area contributed by atoms with E-state index in [0.29, 0.717) is 13.1 Å². The van der Waals surface area contributed by atoms with Crippen LogP contribution in [0.1, 0.15) is 5.56 Å². The Morgan fingerprint density at radius 3 is 2.82 bits per heavy atom. The van der Waals surface area contributed by atoms with E-state index in [1.807, 2.05) is 43.3 Å². The van der Waals surface area contributed by atoms with E-state index in [9.17, 15) is 4.79 Å². The maximum atomic E-state index is 11.4. The van der Waals surface area contributed by atoms with Crippen LogP contribution in [0.25, 0.3) is 0 Å². The number of hydrogen-bond acceptors (Lipinski definition) is 3. The Morgan fingerprint density at radius 1 is 1.41 bits per heavy atom. The standard InChI is InChI=1S/C13H20N2O2/c1-15(2)10-13(16)14-8-7-11-5-4-6-12(9-11)17-3/h4-6,9H,7-8,10H2,1-3H3,(H,14,16). The molecule has 0 radical (unpaired) electrons. The fourth-order valence-corrected chi connectivity index (χ4v) is 1.52. The molecule has 1 aromatic carbocycles. The van der Waals surface area contributed by atoms with Gasteiger partial charge in [-0.1, -0.05) is 12.1 Å². The van der Waals surface area contributed by atoms with Gasteiger partial charge in [-0.3, -0.25) is 4.79 Å². The van der Waals surface area contributed by atoms with Gasteiger partial charge >= 0.3 is 0 Å². The Labute approximate surface area is 103 Å². The summed E-state index contributed by atoms with van der Waals surface area (Å²) in [4.78, 5) is 13.2. The van der Waals surface area contributed by atoms with E-state index in [1.54, 1.807) is 7.11 Å². The monoisotopic (exact) mass is 236 g/mol. The number of nitrogens with zero attached hydrogens (tertiary/aromatic N) is 1. The minimum Gasteiger partial charge on any atom is -0.497 e. The van der Waals surface area contributed by atoms with E-state index in [0.717, 1.165) is 17.7 Å². The minimum absolute atomic E-state index is 0.0536. The molecule has 0 aliphatic heterocycles. The molecule has 0 saturated carbocycles. The van der Waals surface area contributed by atoms with Crippen molar-refractivity contribution in [3.63, 3.8) is 0 Å². The summed E-state index contributed by atoms with van der Waals surface area (Å²) in [6, 6.07) is 7.88. The first-order valence-electron chi connectivity index (χ1n) is 5.66. The average Bonchev–Trinajstić information content (AvgIpc) is 2.28. The van der Waals surface area contributed by atoms with Gasteiger partial charge in [0.15, 0.2) is 0 Å². The number of benzene rings is 1. The lowest BCUT2D eigenvalue weighted by Gasteiger charge is -2.10. The molecule has 0 fully saturated rings. The number of carbonyl (C=O) groups is 1. The molecule has 0 unspecified atom stereocenters. The zero-order valence-electron chi connectivity index (χ0n) is 10.7. The molecule has 0 aromatic heterocycles. The fraction of sp³-hybridized carbons (Fsp3) is 0.462. The highest BCUT2D eigenvalue weighted by Gasteiger charge is 2.02. The molecule has 0 spiro atoms. The molecule has 0 bridgehead atoms. The molecule has 1 aromatic rings. The van der Waals surface area contributed by atoms with Crippen LogP contribution in [0.2, 0.25) is 0 Å². The van der Waals surface area contributed by atoms with Crippen molar-refractivity contribution >= 4 is 5.91 Å². The number of hydrogen-bond donors (Lipinski definition) is 1. The van der Waals surface area contributed by atoms with Gasteiger partial charge in [0.05, 0.1) is 13.7 Å². The molecular weight excluding hydrogens is 216 g/mol. The van der Waals surface area contributed by atoms with Crippen LogP contribution in [0, 0.1) is 0 Å². The molecule has 0 aliphatic rings. The quantitative estimate of drug-likeness (QED) is 0.798. The highest BCUT2D eigenvalue weighted by Crippen LogP contribution is 2.12. The van der Waals surface area contributed by atoms with Crippen LogP contribution in [0.15, 0.2) is 24.3 Å². The molecule has 0 heterocycles. The van der Waals surface area contributed by atoms with Crippen LogP contribution in [-0.4, -0.2) is 45.1 Å². The molecule has 0 aliphatic carbocycles. The summed E-state index contributed by atoms with van der Waals surface area (Å²) in [6.07, 6.45) is 0.816. The van der Waals surface area contributed by atoms with Crippen molar-refractivity contribution < 1.29 is 9.53 Å². The molecule has 1 N–H and O–H groups in total. The van der Waals surface area contributed by atoms with Crippen LogP contribution in [0.3, 0.4) is 0 Å². The summed E-state index contributed by atoms with van der Waals surface area (Å²) in [5.41, 5.74) is 1.16. The molecule has 94 valence electrons. The number of nitrogens with one attached hydrogen (secondary N) is 1. The minimum atomic E-state index is 0.0536. The second kappa shape index (κ2) is 6.91. The summed E-state index contributed by atoms with van der Waals surface area (Å²) in [6.45, 7) is 1.08. The predicted octanol–water partition coefficient (Wildman–Crippen LogP) is 0.915. The maximum Gasteiger partial charge on any atom is 0.234 e. The van der Waals surface area contributed by atoms with E-state index >= 15 is 0 Å². The third-order valence-electron chi connectivity index (χ3n) is 2.33. The van der Waals surface area contributed by atoms with Crippen molar-refractivity contribution in [3.8, 4) is 5.75 Å². The van der Waals surface area contributed by atoms with Gasteiger partial charge in [0.25, 0.3) is 0 Å². The van der Waals surface area contributed by atoms with Gasteiger partial charge in [-0.05, 0) is 38.2 Å². The van der Waals surface area contributed by atoms with Crippen molar-refractivity contribution in [2.45, 2.75) is 6.42 Å². The van der Waals surface area contributed by atoms with Crippen molar-refractivity contribution in [1.29, 1.82) is 0 Å². The summed E-state index contributed by atoms with van der Waals surface area (Å²) in [5.74, 6) is 0.903. The molecular formula is C13H20N2O2. The predicted molar refractivity (Wildman–Crippen MR) is 68.3 cm³/mol. The van der Waals surface area contributed by atoms with Crippen LogP contribution in [0.5, 0.6) is 5.75 Å². The molecule has 1 rings (SSSR count). The van der Waals surface area contributed by atoms with Crippen LogP contribution in [0.4, 0.5) is 0 Å². The van der Waals surface area contributed by atoms with Crippen molar-refractivity contribution in [2.75, 3.05) is 34.3 Å². The van der Waals surface area contributed by atoms with E-state index in [2.05, 4.69) is 5.32 Å². The topological polar surface area (TPSA) is 41.6 Å². The molecule has 17 heavy (non-hydrogen) atoms. The zero-order valence-corrected chi connectivity index (χ0v) is 10.7. The number of rotatable bonds is 6. The summed E-state index contributed by atoms with van der Waals surface area (Å²) < 4.78 is 5.14. The van der Waals surface area contributed by atoms with Gasteiger partial charge in [-0.2, -0.15) is 0 Å². The van der Waals surface area contributed by atoms with Crippen LogP contribution in [-0.2, 0) is 11.2 Å². The number of ether oxygens (including phenoxy) is 1. The van der Waals surface area contributed by atoms with E-state index in [4.69, 9.17) is 4.74 Å². The SMILES string of the molecule is COc1cccc(CCNC(=O)CN(C)C)c1. The summed E-state index contributed by atoms with van der Waals surface area (Å²) >= 11 is 0.